The summed E-state index contributed by atoms with van der Waals surface area (Å²) in [6.07, 6.45) is -5.75. The molecule has 0 bridgehead atoms. The van der Waals surface area contributed by atoms with Crippen LogP contribution in [0.5, 0.6) is 0 Å². The molecule has 0 radical (unpaired) electrons. The van der Waals surface area contributed by atoms with E-state index in [9.17, 15) is 49.1 Å². The fraction of sp³-hybridized carbons (Fsp3) is 0.300. The summed E-state index contributed by atoms with van der Waals surface area (Å²) in [7, 11) is 1.29. The first-order chi connectivity index (χ1) is 15.5. The van der Waals surface area contributed by atoms with Crippen LogP contribution in [0.2, 0.25) is 0 Å². The molecule has 0 aliphatic heterocycles. The lowest BCUT2D eigenvalue weighted by Gasteiger charge is -2.33. The normalized spacial score (nSPS) is 12.8. The lowest BCUT2D eigenvalue weighted by molar-refractivity contribution is -0.381. The SMILES string of the molecule is CNC(=O)c1ccc(-c2ccccc2SC(F)(F)C(F)(F)C(F)(F)C(F)(F)F)c(N=C=O)c1C. The van der Waals surface area contributed by atoms with Gasteiger partial charge < -0.3 is 5.32 Å². The summed E-state index contributed by atoms with van der Waals surface area (Å²) in [5.74, 6) is -14.5. The number of alkyl halides is 9. The van der Waals surface area contributed by atoms with E-state index in [0.717, 1.165) is 24.3 Å². The van der Waals surface area contributed by atoms with Crippen LogP contribution in [-0.4, -0.2) is 42.3 Å². The number of nitrogens with one attached hydrogen (secondary N) is 1. The van der Waals surface area contributed by atoms with E-state index < -0.39 is 45.8 Å². The van der Waals surface area contributed by atoms with Crippen LogP contribution in [0.3, 0.4) is 0 Å². The number of hydrogen-bond donors (Lipinski definition) is 1. The molecule has 0 fully saturated rings. The molecule has 1 amide bonds. The van der Waals surface area contributed by atoms with E-state index >= 15 is 0 Å². The molecule has 2 rings (SSSR count). The Bertz CT molecular complexity index is 1140. The van der Waals surface area contributed by atoms with Crippen LogP contribution in [0.1, 0.15) is 15.9 Å². The molecule has 184 valence electrons. The molecule has 4 nitrogen and oxygen atoms in total. The molecule has 0 aromatic heterocycles. The molecule has 2 aromatic rings. The van der Waals surface area contributed by atoms with Crippen LogP contribution in [0.4, 0.5) is 45.2 Å². The Morgan fingerprint density at radius 3 is 2.03 bits per heavy atom. The highest BCUT2D eigenvalue weighted by molar-refractivity contribution is 8.00. The number of carbonyl (C=O) groups excluding carboxylic acids is 2. The Balaban J connectivity index is 2.68. The summed E-state index contributed by atoms with van der Waals surface area (Å²) >= 11 is -1.22. The molecular weight excluding hydrogens is 503 g/mol. The Labute approximate surface area is 190 Å². The second-order valence-electron chi connectivity index (χ2n) is 6.68. The molecule has 34 heavy (non-hydrogen) atoms. The number of rotatable bonds is 7. The van der Waals surface area contributed by atoms with Crippen molar-refractivity contribution in [3.63, 3.8) is 0 Å². The molecule has 14 heteroatoms. The van der Waals surface area contributed by atoms with Crippen molar-refractivity contribution in [1.82, 2.24) is 5.32 Å². The molecule has 0 aliphatic rings. The molecule has 1 N–H and O–H groups in total. The van der Waals surface area contributed by atoms with E-state index in [4.69, 9.17) is 0 Å². The molecule has 0 saturated carbocycles. The van der Waals surface area contributed by atoms with Gasteiger partial charge in [0, 0.05) is 23.1 Å². The van der Waals surface area contributed by atoms with Crippen LogP contribution >= 0.6 is 11.8 Å². The van der Waals surface area contributed by atoms with Crippen molar-refractivity contribution >= 4 is 29.4 Å². The van der Waals surface area contributed by atoms with Crippen LogP contribution in [0.15, 0.2) is 46.3 Å². The second kappa shape index (κ2) is 9.34. The number of benzene rings is 2. The van der Waals surface area contributed by atoms with Gasteiger partial charge in [-0.05, 0) is 41.9 Å². The van der Waals surface area contributed by atoms with Gasteiger partial charge in [0.05, 0.1) is 5.69 Å². The average Bonchev–Trinajstić information content (AvgIpc) is 2.74. The van der Waals surface area contributed by atoms with Gasteiger partial charge in [0.15, 0.2) is 0 Å². The van der Waals surface area contributed by atoms with Crippen LogP contribution < -0.4 is 5.32 Å². The number of nitrogens with zero attached hydrogens (tertiary/aromatic N) is 1. The van der Waals surface area contributed by atoms with E-state index in [-0.39, 0.29) is 27.9 Å². The Hall–Kier alpha value is -2.99. The Kier molecular flexibility index (Phi) is 7.48. The smallest absolute Gasteiger partial charge is 0.355 e. The van der Waals surface area contributed by atoms with Gasteiger partial charge in [-0.25, -0.2) is 4.79 Å². The van der Waals surface area contributed by atoms with E-state index in [1.165, 1.54) is 32.2 Å². The maximum atomic E-state index is 14.2. The zero-order chi connectivity index (χ0) is 26.1. The summed E-state index contributed by atoms with van der Waals surface area (Å²) in [5.41, 5.74) is -0.732. The number of halogens is 9. The minimum absolute atomic E-state index is 0.00654. The zero-order valence-corrected chi connectivity index (χ0v) is 17.9. The number of hydrogen-bond acceptors (Lipinski definition) is 4. The van der Waals surface area contributed by atoms with Crippen molar-refractivity contribution in [1.29, 1.82) is 0 Å². The van der Waals surface area contributed by atoms with Crippen LogP contribution in [0, 0.1) is 6.92 Å². The molecule has 0 heterocycles. The monoisotopic (exact) mass is 516 g/mol. The first-order valence-electron chi connectivity index (χ1n) is 8.95. The highest BCUT2D eigenvalue weighted by Crippen LogP contribution is 2.58. The van der Waals surface area contributed by atoms with Gasteiger partial charge in [-0.2, -0.15) is 44.5 Å². The summed E-state index contributed by atoms with van der Waals surface area (Å²) < 4.78 is 120. The van der Waals surface area contributed by atoms with E-state index in [1.807, 2.05) is 0 Å². The van der Waals surface area contributed by atoms with Gasteiger partial charge in [-0.1, -0.05) is 24.3 Å². The fourth-order valence-corrected chi connectivity index (χ4v) is 3.80. The molecule has 2 aromatic carbocycles. The maximum absolute atomic E-state index is 14.2. The largest absolute Gasteiger partial charge is 0.460 e. The molecule has 0 spiro atoms. The van der Waals surface area contributed by atoms with Gasteiger partial charge in [0.1, 0.15) is 0 Å². The molecule has 0 atom stereocenters. The summed E-state index contributed by atoms with van der Waals surface area (Å²) in [4.78, 5) is 25.5. The van der Waals surface area contributed by atoms with Crippen molar-refractivity contribution in [3.8, 4) is 11.1 Å². The minimum atomic E-state index is -7.04. The predicted octanol–water partition coefficient (Wildman–Crippen LogP) is 6.51. The second-order valence-corrected chi connectivity index (χ2v) is 7.83. The lowest BCUT2D eigenvalue weighted by Crippen LogP contribution is -2.59. The third kappa shape index (κ3) is 4.64. The van der Waals surface area contributed by atoms with Gasteiger partial charge >= 0.3 is 23.3 Å². The number of aliphatic imine (C=N–C) groups is 1. The number of thioether (sulfide) groups is 1. The summed E-state index contributed by atoms with van der Waals surface area (Å²) in [5, 5.41) is -3.62. The highest BCUT2D eigenvalue weighted by Gasteiger charge is 2.82. The number of carbonyl (C=O) groups is 1. The first-order valence-corrected chi connectivity index (χ1v) is 9.77. The molecule has 0 saturated heterocycles. The summed E-state index contributed by atoms with van der Waals surface area (Å²) in [6, 6.07) is 6.45. The molecule has 0 unspecified atom stereocenters. The zero-order valence-electron chi connectivity index (χ0n) is 17.0. The third-order valence-electron chi connectivity index (χ3n) is 4.59. The van der Waals surface area contributed by atoms with Crippen LogP contribution in [-0.2, 0) is 4.79 Å². The maximum Gasteiger partial charge on any atom is 0.460 e. The minimum Gasteiger partial charge on any atom is -0.355 e. The van der Waals surface area contributed by atoms with Crippen molar-refractivity contribution < 1.29 is 49.1 Å². The first kappa shape index (κ1) is 27.3. The van der Waals surface area contributed by atoms with Gasteiger partial charge in [-0.15, -0.1) is 0 Å². The molecule has 0 aliphatic carbocycles. The van der Waals surface area contributed by atoms with E-state index in [2.05, 4.69) is 10.3 Å². The summed E-state index contributed by atoms with van der Waals surface area (Å²) in [6.45, 7) is 1.33. The lowest BCUT2D eigenvalue weighted by atomic mass is 9.96. The quantitative estimate of drug-likeness (QED) is 0.198. The van der Waals surface area contributed by atoms with Gasteiger partial charge in [0.2, 0.25) is 6.08 Å². The Morgan fingerprint density at radius 1 is 0.912 bits per heavy atom. The van der Waals surface area contributed by atoms with Crippen molar-refractivity contribution in [3.05, 3.63) is 47.5 Å². The fourth-order valence-electron chi connectivity index (χ4n) is 2.83. The standard InChI is InChI=1S/C20H13F9N2O2S/c1-10-11(16(33)30-2)7-8-13(15(10)31-9-32)12-5-3-4-6-14(12)34-20(28,29)18(23,24)17(21,22)19(25,26)27/h3-8H,1-2H3,(H,30,33). The number of amides is 1. The van der Waals surface area contributed by atoms with E-state index in [0.29, 0.717) is 0 Å². The average molecular weight is 516 g/mol. The van der Waals surface area contributed by atoms with Gasteiger partial charge in [0.25, 0.3) is 5.91 Å². The van der Waals surface area contributed by atoms with E-state index in [1.54, 1.807) is 0 Å². The van der Waals surface area contributed by atoms with Gasteiger partial charge in [-0.3, -0.25) is 4.79 Å². The third-order valence-corrected chi connectivity index (χ3v) is 5.68. The Morgan fingerprint density at radius 2 is 1.50 bits per heavy atom. The highest BCUT2D eigenvalue weighted by atomic mass is 32.2. The topological polar surface area (TPSA) is 58.5 Å². The van der Waals surface area contributed by atoms with Crippen molar-refractivity contribution in [2.75, 3.05) is 7.05 Å². The molecular formula is C20H13F9N2O2S. The van der Waals surface area contributed by atoms with Crippen LogP contribution in [0.25, 0.3) is 11.1 Å². The van der Waals surface area contributed by atoms with Crippen molar-refractivity contribution in [2.24, 2.45) is 4.99 Å². The number of isocyanates is 1. The van der Waals surface area contributed by atoms with Crippen molar-refractivity contribution in [2.45, 2.75) is 35.1 Å². The predicted molar refractivity (Wildman–Crippen MR) is 105 cm³/mol.